The maximum atomic E-state index is 12.8. The molecule has 0 aromatic heterocycles. The molecule has 0 fully saturated rings. The molecule has 1 N–H and O–H groups in total. The normalized spacial score (nSPS) is 12.3. The first-order chi connectivity index (χ1) is 14.6. The molecule has 0 atom stereocenters. The molecule has 0 saturated carbocycles. The Morgan fingerprint density at radius 1 is 1.00 bits per heavy atom. The summed E-state index contributed by atoms with van der Waals surface area (Å²) in [6, 6.07) is 18.3. The summed E-state index contributed by atoms with van der Waals surface area (Å²) in [5.74, 6) is -0.717. The predicted molar refractivity (Wildman–Crippen MR) is 116 cm³/mol. The highest BCUT2D eigenvalue weighted by atomic mass is 16.5. The molecule has 0 saturated heterocycles. The summed E-state index contributed by atoms with van der Waals surface area (Å²) >= 11 is 0. The third kappa shape index (κ3) is 3.64. The number of anilines is 2. The van der Waals surface area contributed by atoms with Crippen molar-refractivity contribution in [2.75, 3.05) is 23.4 Å². The van der Waals surface area contributed by atoms with Crippen molar-refractivity contribution in [2.45, 2.75) is 19.8 Å². The topological polar surface area (TPSA) is 75.7 Å². The smallest absolute Gasteiger partial charge is 0.340 e. The molecule has 30 heavy (non-hydrogen) atoms. The largest absolute Gasteiger partial charge is 0.462 e. The average Bonchev–Trinajstić information content (AvgIpc) is 3.02. The van der Waals surface area contributed by atoms with E-state index >= 15 is 0 Å². The number of amides is 2. The van der Waals surface area contributed by atoms with E-state index in [0.717, 1.165) is 16.5 Å². The van der Waals surface area contributed by atoms with E-state index < -0.39 is 5.97 Å². The van der Waals surface area contributed by atoms with Crippen LogP contribution in [0, 0.1) is 0 Å². The quantitative estimate of drug-likeness (QED) is 0.595. The van der Waals surface area contributed by atoms with Crippen LogP contribution in [0.15, 0.2) is 60.7 Å². The summed E-state index contributed by atoms with van der Waals surface area (Å²) in [7, 11) is 0. The number of carbonyl (C=O) groups excluding carboxylic acids is 3. The van der Waals surface area contributed by atoms with E-state index in [-0.39, 0.29) is 24.8 Å². The number of esters is 1. The fourth-order valence-electron chi connectivity index (χ4n) is 3.79. The minimum absolute atomic E-state index is 0.0325. The van der Waals surface area contributed by atoms with Gasteiger partial charge in [0.1, 0.15) is 0 Å². The van der Waals surface area contributed by atoms with Crippen LogP contribution in [-0.2, 0) is 9.53 Å². The molecule has 6 nitrogen and oxygen atoms in total. The maximum absolute atomic E-state index is 12.8. The lowest BCUT2D eigenvalue weighted by Gasteiger charge is -2.17. The Labute approximate surface area is 174 Å². The third-order valence-corrected chi connectivity index (χ3v) is 5.13. The highest BCUT2D eigenvalue weighted by Crippen LogP contribution is 2.37. The fourth-order valence-corrected chi connectivity index (χ4v) is 3.79. The molecule has 4 rings (SSSR count). The lowest BCUT2D eigenvalue weighted by molar-refractivity contribution is -0.116. The van der Waals surface area contributed by atoms with E-state index in [9.17, 15) is 14.4 Å². The van der Waals surface area contributed by atoms with Crippen molar-refractivity contribution in [2.24, 2.45) is 0 Å². The molecule has 1 aliphatic heterocycles. The van der Waals surface area contributed by atoms with Gasteiger partial charge in [0.05, 0.1) is 23.5 Å². The number of ether oxygens (including phenoxy) is 1. The van der Waals surface area contributed by atoms with Gasteiger partial charge in [-0.2, -0.15) is 0 Å². The predicted octanol–water partition coefficient (Wildman–Crippen LogP) is 4.40. The van der Waals surface area contributed by atoms with Crippen LogP contribution in [0.4, 0.5) is 11.4 Å². The van der Waals surface area contributed by atoms with Gasteiger partial charge in [0, 0.05) is 23.9 Å². The second-order valence-corrected chi connectivity index (χ2v) is 7.06. The Morgan fingerprint density at radius 2 is 1.77 bits per heavy atom. The number of para-hydroxylation sites is 1. The summed E-state index contributed by atoms with van der Waals surface area (Å²) in [5.41, 5.74) is 2.34. The van der Waals surface area contributed by atoms with Crippen LogP contribution in [0.3, 0.4) is 0 Å². The molecule has 0 radical (unpaired) electrons. The van der Waals surface area contributed by atoms with Crippen LogP contribution in [-0.4, -0.2) is 30.9 Å². The summed E-state index contributed by atoms with van der Waals surface area (Å²) in [4.78, 5) is 39.0. The van der Waals surface area contributed by atoms with Gasteiger partial charge in [-0.1, -0.05) is 36.4 Å². The van der Waals surface area contributed by atoms with Gasteiger partial charge in [-0.3, -0.25) is 9.59 Å². The average molecular weight is 402 g/mol. The monoisotopic (exact) mass is 402 g/mol. The molecule has 0 bridgehead atoms. The Hall–Kier alpha value is -3.67. The molecular formula is C24H22N2O4. The van der Waals surface area contributed by atoms with Gasteiger partial charge < -0.3 is 15.0 Å². The number of carbonyl (C=O) groups is 3. The molecule has 0 unspecified atom stereocenters. The number of rotatable bonds is 7. The van der Waals surface area contributed by atoms with Gasteiger partial charge in [0.15, 0.2) is 0 Å². The van der Waals surface area contributed by atoms with Crippen LogP contribution >= 0.6 is 0 Å². The number of hydrogen-bond acceptors (Lipinski definition) is 4. The summed E-state index contributed by atoms with van der Waals surface area (Å²) < 4.78 is 5.03. The van der Waals surface area contributed by atoms with E-state index in [1.165, 1.54) is 0 Å². The molecule has 1 heterocycles. The summed E-state index contributed by atoms with van der Waals surface area (Å²) in [6.45, 7) is 2.44. The van der Waals surface area contributed by atoms with E-state index in [0.29, 0.717) is 29.8 Å². The molecule has 1 aliphatic rings. The lowest BCUT2D eigenvalue weighted by atomic mass is 10.1. The molecule has 152 valence electrons. The van der Waals surface area contributed by atoms with Gasteiger partial charge >= 0.3 is 5.97 Å². The van der Waals surface area contributed by atoms with E-state index in [2.05, 4.69) is 5.32 Å². The molecule has 3 aromatic rings. The summed E-state index contributed by atoms with van der Waals surface area (Å²) in [6.07, 6.45) is 0.733. The number of hydrogen-bond donors (Lipinski definition) is 1. The first kappa shape index (κ1) is 19.6. The van der Waals surface area contributed by atoms with Gasteiger partial charge in [0.2, 0.25) is 5.91 Å². The van der Waals surface area contributed by atoms with Crippen molar-refractivity contribution < 1.29 is 19.1 Å². The molecule has 6 heteroatoms. The number of nitrogens with one attached hydrogen (secondary N) is 1. The zero-order valence-corrected chi connectivity index (χ0v) is 16.7. The Bertz CT molecular complexity index is 1130. The first-order valence-corrected chi connectivity index (χ1v) is 9.99. The lowest BCUT2D eigenvalue weighted by Crippen LogP contribution is -2.28. The highest BCUT2D eigenvalue weighted by molar-refractivity contribution is 6.25. The van der Waals surface area contributed by atoms with Crippen LogP contribution in [0.5, 0.6) is 0 Å². The Balaban J connectivity index is 1.39. The summed E-state index contributed by atoms with van der Waals surface area (Å²) in [5, 5.41) is 4.79. The van der Waals surface area contributed by atoms with Crippen molar-refractivity contribution in [3.05, 3.63) is 71.8 Å². The molecule has 2 amide bonds. The van der Waals surface area contributed by atoms with Crippen LogP contribution in [0.2, 0.25) is 0 Å². The zero-order chi connectivity index (χ0) is 21.1. The third-order valence-electron chi connectivity index (χ3n) is 5.13. The highest BCUT2D eigenvalue weighted by Gasteiger charge is 2.29. The van der Waals surface area contributed by atoms with Crippen molar-refractivity contribution >= 4 is 39.9 Å². The van der Waals surface area contributed by atoms with Crippen molar-refractivity contribution in [1.29, 1.82) is 0 Å². The second-order valence-electron chi connectivity index (χ2n) is 7.06. The van der Waals surface area contributed by atoms with Gasteiger partial charge in [-0.25, -0.2) is 4.79 Å². The SMILES string of the molecule is CCOC(=O)c1ccccc1NC(=O)CCCN1C(=O)c2cccc3cccc1c23. The maximum Gasteiger partial charge on any atom is 0.340 e. The zero-order valence-electron chi connectivity index (χ0n) is 16.7. The second kappa shape index (κ2) is 8.37. The van der Waals surface area contributed by atoms with Crippen molar-refractivity contribution in [3.8, 4) is 0 Å². The molecule has 0 spiro atoms. The van der Waals surface area contributed by atoms with Crippen LogP contribution < -0.4 is 10.2 Å². The van der Waals surface area contributed by atoms with Gasteiger partial charge in [-0.15, -0.1) is 0 Å². The molecular weight excluding hydrogens is 380 g/mol. The molecule has 3 aromatic carbocycles. The van der Waals surface area contributed by atoms with Gasteiger partial charge in [0.25, 0.3) is 5.91 Å². The van der Waals surface area contributed by atoms with E-state index in [4.69, 9.17) is 4.74 Å². The Morgan fingerprint density at radius 3 is 2.57 bits per heavy atom. The fraction of sp³-hybridized carbons (Fsp3) is 0.208. The van der Waals surface area contributed by atoms with Crippen molar-refractivity contribution in [1.82, 2.24) is 0 Å². The first-order valence-electron chi connectivity index (χ1n) is 9.99. The Kier molecular flexibility index (Phi) is 5.48. The number of nitrogens with zero attached hydrogens (tertiary/aromatic N) is 1. The van der Waals surface area contributed by atoms with Crippen LogP contribution in [0.25, 0.3) is 10.8 Å². The van der Waals surface area contributed by atoms with E-state index in [1.54, 1.807) is 36.1 Å². The van der Waals surface area contributed by atoms with E-state index in [1.807, 2.05) is 36.4 Å². The standard InChI is InChI=1S/C24H22N2O4/c1-2-30-24(29)17-10-3-4-12-19(17)25-21(27)14-7-15-26-20-13-6-9-16-8-5-11-18(22(16)20)23(26)28/h3-6,8-13H,2,7,14-15H2,1H3,(H,25,27). The minimum atomic E-state index is -0.470. The minimum Gasteiger partial charge on any atom is -0.462 e. The molecule has 0 aliphatic carbocycles. The van der Waals surface area contributed by atoms with Crippen LogP contribution in [0.1, 0.15) is 40.5 Å². The van der Waals surface area contributed by atoms with Gasteiger partial charge in [-0.05, 0) is 43.0 Å². The number of benzene rings is 3. The van der Waals surface area contributed by atoms with Crippen molar-refractivity contribution in [3.63, 3.8) is 0 Å².